The normalized spacial score (nSPS) is 12.5. The molecule has 0 saturated heterocycles. The van der Waals surface area contributed by atoms with Crippen LogP contribution in [0.3, 0.4) is 0 Å². The van der Waals surface area contributed by atoms with Crippen LogP contribution in [0.2, 0.25) is 0 Å². The van der Waals surface area contributed by atoms with Crippen LogP contribution in [0.4, 0.5) is 0 Å². The van der Waals surface area contributed by atoms with Crippen molar-refractivity contribution in [2.24, 2.45) is 0 Å². The van der Waals surface area contributed by atoms with Gasteiger partial charge in [-0.05, 0) is 17.0 Å². The van der Waals surface area contributed by atoms with Crippen molar-refractivity contribution in [2.75, 3.05) is 0 Å². The topological polar surface area (TPSA) is 25.8 Å². The van der Waals surface area contributed by atoms with Gasteiger partial charge < -0.3 is 0 Å². The first-order chi connectivity index (χ1) is 9.33. The molecule has 0 bridgehead atoms. The number of benzene rings is 1. The Bertz CT molecular complexity index is 635. The monoisotopic (exact) mass is 306 g/mol. The van der Waals surface area contributed by atoms with E-state index < -0.39 is 0 Å². The molecule has 0 spiro atoms. The third kappa shape index (κ3) is 3.03. The first-order valence-corrected chi connectivity index (χ1v) is 8.00. The Labute approximate surface area is 124 Å². The molecule has 5 heteroatoms. The summed E-state index contributed by atoms with van der Waals surface area (Å²) in [7, 11) is 0. The SMILES string of the molecule is ClC(c1ccccc1)c1nnc(Cc2cccs2)s1. The standard InChI is InChI=1S/C14H11ClN2S2/c15-13(10-5-2-1-3-6-10)14-17-16-12(19-14)9-11-7-4-8-18-11/h1-8,13H,9H2. The molecule has 2 aromatic heterocycles. The summed E-state index contributed by atoms with van der Waals surface area (Å²) in [6, 6.07) is 14.1. The molecule has 2 heterocycles. The van der Waals surface area contributed by atoms with Gasteiger partial charge in [0.05, 0.1) is 0 Å². The van der Waals surface area contributed by atoms with Gasteiger partial charge in [0.25, 0.3) is 0 Å². The van der Waals surface area contributed by atoms with Crippen molar-refractivity contribution in [1.29, 1.82) is 0 Å². The smallest absolute Gasteiger partial charge is 0.139 e. The number of aromatic nitrogens is 2. The van der Waals surface area contributed by atoms with Crippen molar-refractivity contribution in [1.82, 2.24) is 10.2 Å². The molecule has 0 aliphatic carbocycles. The molecule has 0 aliphatic heterocycles. The van der Waals surface area contributed by atoms with E-state index in [1.807, 2.05) is 30.3 Å². The molecule has 0 N–H and O–H groups in total. The molecule has 3 rings (SSSR count). The second kappa shape index (κ2) is 5.82. The number of halogens is 1. The molecule has 1 unspecified atom stereocenters. The molecule has 0 saturated carbocycles. The molecular formula is C14H11ClN2S2. The number of alkyl halides is 1. The van der Waals surface area contributed by atoms with Crippen LogP contribution in [-0.2, 0) is 6.42 Å². The third-order valence-electron chi connectivity index (χ3n) is 2.70. The molecule has 3 aromatic rings. The number of nitrogens with zero attached hydrogens (tertiary/aromatic N) is 2. The molecule has 1 aromatic carbocycles. The number of rotatable bonds is 4. The lowest BCUT2D eigenvalue weighted by atomic mass is 10.1. The molecule has 0 radical (unpaired) electrons. The average molecular weight is 307 g/mol. The molecular weight excluding hydrogens is 296 g/mol. The molecule has 2 nitrogen and oxygen atoms in total. The molecule has 0 fully saturated rings. The molecule has 0 amide bonds. The zero-order valence-corrected chi connectivity index (χ0v) is 12.4. The van der Waals surface area contributed by atoms with Gasteiger partial charge in [-0.25, -0.2) is 0 Å². The van der Waals surface area contributed by atoms with Gasteiger partial charge in [-0.2, -0.15) is 0 Å². The highest BCUT2D eigenvalue weighted by Gasteiger charge is 2.16. The quantitative estimate of drug-likeness (QED) is 0.662. The minimum absolute atomic E-state index is 0.212. The Balaban J connectivity index is 1.78. The fraction of sp³-hybridized carbons (Fsp3) is 0.143. The molecule has 0 aliphatic rings. The van der Waals surface area contributed by atoms with E-state index in [0.29, 0.717) is 0 Å². The fourth-order valence-electron chi connectivity index (χ4n) is 1.77. The van der Waals surface area contributed by atoms with Crippen molar-refractivity contribution in [3.05, 3.63) is 68.3 Å². The summed E-state index contributed by atoms with van der Waals surface area (Å²) in [4.78, 5) is 1.30. The van der Waals surface area contributed by atoms with E-state index in [0.717, 1.165) is 22.0 Å². The Morgan fingerprint density at radius 1 is 1.05 bits per heavy atom. The van der Waals surface area contributed by atoms with E-state index in [1.54, 1.807) is 22.7 Å². The number of hydrogen-bond acceptors (Lipinski definition) is 4. The van der Waals surface area contributed by atoms with Crippen molar-refractivity contribution >= 4 is 34.3 Å². The maximum atomic E-state index is 6.44. The molecule has 1 atom stereocenters. The first-order valence-electron chi connectivity index (χ1n) is 5.86. The van der Waals surface area contributed by atoms with Crippen LogP contribution in [0.25, 0.3) is 0 Å². The van der Waals surface area contributed by atoms with Gasteiger partial charge in [0.15, 0.2) is 0 Å². The van der Waals surface area contributed by atoms with E-state index >= 15 is 0 Å². The minimum atomic E-state index is -0.212. The Kier molecular flexibility index (Phi) is 3.92. The third-order valence-corrected chi connectivity index (χ3v) is 5.15. The summed E-state index contributed by atoms with van der Waals surface area (Å²) in [5, 5.41) is 12.2. The summed E-state index contributed by atoms with van der Waals surface area (Å²) in [5.41, 5.74) is 1.06. The molecule has 96 valence electrons. The Morgan fingerprint density at radius 3 is 2.63 bits per heavy atom. The lowest BCUT2D eigenvalue weighted by molar-refractivity contribution is 0.951. The van der Waals surface area contributed by atoms with Crippen LogP contribution >= 0.6 is 34.3 Å². The summed E-state index contributed by atoms with van der Waals surface area (Å²) < 4.78 is 0. The molecule has 19 heavy (non-hydrogen) atoms. The van der Waals surface area contributed by atoms with E-state index in [-0.39, 0.29) is 5.38 Å². The maximum absolute atomic E-state index is 6.44. The van der Waals surface area contributed by atoms with Gasteiger partial charge in [-0.1, -0.05) is 47.7 Å². The van der Waals surface area contributed by atoms with Gasteiger partial charge in [0.1, 0.15) is 15.4 Å². The predicted octanol–water partition coefficient (Wildman–Crippen LogP) is 4.52. The highest BCUT2D eigenvalue weighted by atomic mass is 35.5. The minimum Gasteiger partial charge on any atom is -0.148 e. The van der Waals surface area contributed by atoms with Gasteiger partial charge in [-0.3, -0.25) is 0 Å². The van der Waals surface area contributed by atoms with Gasteiger partial charge in [0.2, 0.25) is 0 Å². The first kappa shape index (κ1) is 12.8. The van der Waals surface area contributed by atoms with E-state index in [4.69, 9.17) is 11.6 Å². The highest BCUT2D eigenvalue weighted by molar-refractivity contribution is 7.12. The summed E-state index contributed by atoms with van der Waals surface area (Å²) >= 11 is 9.76. The van der Waals surface area contributed by atoms with Gasteiger partial charge in [-0.15, -0.1) is 33.1 Å². The van der Waals surface area contributed by atoms with Crippen LogP contribution < -0.4 is 0 Å². The van der Waals surface area contributed by atoms with E-state index in [2.05, 4.69) is 27.7 Å². The summed E-state index contributed by atoms with van der Waals surface area (Å²) in [6.07, 6.45) is 0.841. The van der Waals surface area contributed by atoms with Crippen molar-refractivity contribution in [3.63, 3.8) is 0 Å². The maximum Gasteiger partial charge on any atom is 0.139 e. The van der Waals surface area contributed by atoms with Gasteiger partial charge >= 0.3 is 0 Å². The van der Waals surface area contributed by atoms with Crippen molar-refractivity contribution < 1.29 is 0 Å². The number of hydrogen-bond donors (Lipinski definition) is 0. The second-order valence-electron chi connectivity index (χ2n) is 4.06. The lowest BCUT2D eigenvalue weighted by Crippen LogP contribution is -1.91. The second-order valence-corrected chi connectivity index (χ2v) is 6.63. The zero-order valence-electron chi connectivity index (χ0n) is 9.99. The fourth-order valence-corrected chi connectivity index (χ4v) is 3.76. The lowest BCUT2D eigenvalue weighted by Gasteiger charge is -2.04. The summed E-state index contributed by atoms with van der Waals surface area (Å²) in [6.45, 7) is 0. The van der Waals surface area contributed by atoms with Gasteiger partial charge in [0, 0.05) is 11.3 Å². The van der Waals surface area contributed by atoms with Crippen molar-refractivity contribution in [3.8, 4) is 0 Å². The highest BCUT2D eigenvalue weighted by Crippen LogP contribution is 2.31. The largest absolute Gasteiger partial charge is 0.148 e. The number of thiophene rings is 1. The van der Waals surface area contributed by atoms with Crippen LogP contribution in [0.5, 0.6) is 0 Å². The average Bonchev–Trinajstić information content (AvgIpc) is 3.11. The summed E-state index contributed by atoms with van der Waals surface area (Å²) in [5.74, 6) is 0. The van der Waals surface area contributed by atoms with E-state index in [9.17, 15) is 0 Å². The Hall–Kier alpha value is -1.23. The van der Waals surface area contributed by atoms with Crippen LogP contribution in [0, 0.1) is 0 Å². The van der Waals surface area contributed by atoms with Crippen LogP contribution in [0.1, 0.15) is 25.8 Å². The zero-order chi connectivity index (χ0) is 13.1. The van der Waals surface area contributed by atoms with Crippen molar-refractivity contribution in [2.45, 2.75) is 11.8 Å². The van der Waals surface area contributed by atoms with Crippen LogP contribution in [0.15, 0.2) is 47.8 Å². The van der Waals surface area contributed by atoms with E-state index in [1.165, 1.54) is 4.88 Å². The Morgan fingerprint density at radius 2 is 1.89 bits per heavy atom. The van der Waals surface area contributed by atoms with Crippen LogP contribution in [-0.4, -0.2) is 10.2 Å². The predicted molar refractivity (Wildman–Crippen MR) is 81.2 cm³/mol.